The summed E-state index contributed by atoms with van der Waals surface area (Å²) in [5, 5.41) is 10.7. The fraction of sp³-hybridized carbons (Fsp3) is 0.560. The lowest BCUT2D eigenvalue weighted by Crippen LogP contribution is -2.31. The quantitative estimate of drug-likeness (QED) is 0.485. The van der Waals surface area contributed by atoms with Crippen molar-refractivity contribution in [3.05, 3.63) is 40.0 Å². The van der Waals surface area contributed by atoms with Gasteiger partial charge in [0, 0.05) is 29.9 Å². The Kier molecular flexibility index (Phi) is 8.30. The second-order valence-electron chi connectivity index (χ2n) is 8.48. The van der Waals surface area contributed by atoms with Gasteiger partial charge in [0.25, 0.3) is 0 Å². The van der Waals surface area contributed by atoms with Gasteiger partial charge in [-0.25, -0.2) is 9.97 Å². The Morgan fingerprint density at radius 1 is 1.16 bits per heavy atom. The predicted molar refractivity (Wildman–Crippen MR) is 127 cm³/mol. The molecule has 0 bridgehead atoms. The van der Waals surface area contributed by atoms with Crippen LogP contribution in [0.1, 0.15) is 81.5 Å². The number of aromatic nitrogens is 2. The third kappa shape index (κ3) is 5.38. The Bertz CT molecular complexity index is 910. The Balaban J connectivity index is 2.19. The number of rotatable bonds is 9. The van der Waals surface area contributed by atoms with E-state index in [0.717, 1.165) is 68.4 Å². The van der Waals surface area contributed by atoms with Crippen molar-refractivity contribution >= 4 is 23.5 Å². The number of carboxylic acid groups (broad SMARTS) is 1. The van der Waals surface area contributed by atoms with E-state index in [-0.39, 0.29) is 0 Å². The van der Waals surface area contributed by atoms with Gasteiger partial charge in [-0.2, -0.15) is 0 Å². The molecule has 0 aliphatic carbocycles. The Morgan fingerprint density at radius 2 is 1.90 bits per heavy atom. The Morgan fingerprint density at radius 3 is 2.55 bits per heavy atom. The van der Waals surface area contributed by atoms with Gasteiger partial charge in [-0.15, -0.1) is 0 Å². The highest BCUT2D eigenvalue weighted by atomic mass is 35.5. The molecule has 31 heavy (non-hydrogen) atoms. The van der Waals surface area contributed by atoms with Crippen molar-refractivity contribution in [3.63, 3.8) is 0 Å². The number of nitrogens with zero attached hydrogens (tertiary/aromatic N) is 3. The van der Waals surface area contributed by atoms with E-state index in [1.54, 1.807) is 0 Å². The van der Waals surface area contributed by atoms with Crippen molar-refractivity contribution in [1.29, 1.82) is 0 Å². The molecule has 3 rings (SSSR count). The molecule has 0 spiro atoms. The number of hydrogen-bond donors (Lipinski definition) is 1. The largest absolute Gasteiger partial charge is 0.481 e. The number of benzene rings is 1. The highest BCUT2D eigenvalue weighted by molar-refractivity contribution is 6.34. The summed E-state index contributed by atoms with van der Waals surface area (Å²) in [6.07, 6.45) is 7.85. The average Bonchev–Trinajstić information content (AvgIpc) is 2.77. The van der Waals surface area contributed by atoms with Crippen molar-refractivity contribution in [1.82, 2.24) is 9.97 Å². The summed E-state index contributed by atoms with van der Waals surface area (Å²) in [5.41, 5.74) is 4.02. The summed E-state index contributed by atoms with van der Waals surface area (Å²) in [6, 6.07) is 6.03. The molecule has 1 fully saturated rings. The van der Waals surface area contributed by atoms with Crippen LogP contribution in [0.15, 0.2) is 18.2 Å². The van der Waals surface area contributed by atoms with Crippen LogP contribution in [-0.2, 0) is 11.2 Å². The minimum Gasteiger partial charge on any atom is -0.481 e. The zero-order valence-electron chi connectivity index (χ0n) is 19.0. The highest BCUT2D eigenvalue weighted by Gasteiger charge is 2.29. The van der Waals surface area contributed by atoms with E-state index in [9.17, 15) is 9.90 Å². The van der Waals surface area contributed by atoms with Gasteiger partial charge in [0.05, 0.1) is 16.6 Å². The number of anilines is 1. The second-order valence-corrected chi connectivity index (χ2v) is 8.86. The number of carboxylic acids is 1. The van der Waals surface area contributed by atoms with Gasteiger partial charge < -0.3 is 10.0 Å². The first kappa shape index (κ1) is 23.5. The van der Waals surface area contributed by atoms with E-state index in [0.29, 0.717) is 28.6 Å². The van der Waals surface area contributed by atoms with E-state index >= 15 is 0 Å². The number of unbranched alkanes of at least 4 members (excludes halogenated alkanes) is 1. The molecule has 1 unspecified atom stereocenters. The summed E-state index contributed by atoms with van der Waals surface area (Å²) >= 11 is 6.88. The van der Waals surface area contributed by atoms with E-state index in [4.69, 9.17) is 21.6 Å². The van der Waals surface area contributed by atoms with Gasteiger partial charge >= 0.3 is 5.97 Å². The lowest BCUT2D eigenvalue weighted by molar-refractivity contribution is -0.139. The van der Waals surface area contributed by atoms with Crippen LogP contribution in [0.25, 0.3) is 11.3 Å². The van der Waals surface area contributed by atoms with Gasteiger partial charge in [0.2, 0.25) is 5.95 Å². The lowest BCUT2D eigenvalue weighted by Gasteiger charge is -2.28. The minimum atomic E-state index is -0.834. The van der Waals surface area contributed by atoms with Gasteiger partial charge in [0.1, 0.15) is 0 Å². The Labute approximate surface area is 190 Å². The molecule has 168 valence electrons. The molecule has 2 aromatic rings. The topological polar surface area (TPSA) is 66.3 Å². The monoisotopic (exact) mass is 443 g/mol. The standard InChI is InChI=1S/C25H34ClN3O2/c1-4-6-12-18-13-10-14-20(22(18)26)23-21(19(11-5-2)24(30)31)17(3)27-25(28-23)29-15-8-7-9-16-29/h10,13-14,19H,4-9,11-12,15-16H2,1-3H3,(H,30,31). The zero-order chi connectivity index (χ0) is 22.4. The van der Waals surface area contributed by atoms with Crippen molar-refractivity contribution in [3.8, 4) is 11.3 Å². The average molecular weight is 444 g/mol. The molecule has 5 nitrogen and oxygen atoms in total. The normalized spacial score (nSPS) is 15.2. The fourth-order valence-electron chi connectivity index (χ4n) is 4.43. The van der Waals surface area contributed by atoms with Crippen LogP contribution >= 0.6 is 11.6 Å². The van der Waals surface area contributed by atoms with Gasteiger partial charge in [-0.1, -0.05) is 56.5 Å². The number of carbonyl (C=O) groups is 1. The summed E-state index contributed by atoms with van der Waals surface area (Å²) < 4.78 is 0. The number of halogens is 1. The van der Waals surface area contributed by atoms with Gasteiger partial charge in [-0.3, -0.25) is 4.79 Å². The fourth-order valence-corrected chi connectivity index (χ4v) is 4.74. The van der Waals surface area contributed by atoms with Crippen molar-refractivity contribution in [2.75, 3.05) is 18.0 Å². The van der Waals surface area contributed by atoms with E-state index in [1.165, 1.54) is 6.42 Å². The molecule has 0 saturated carbocycles. The molecule has 1 saturated heterocycles. The van der Waals surface area contributed by atoms with Gasteiger partial charge in [0.15, 0.2) is 0 Å². The molecule has 1 aromatic carbocycles. The first-order chi connectivity index (χ1) is 15.0. The number of hydrogen-bond acceptors (Lipinski definition) is 4. The van der Waals surface area contributed by atoms with Gasteiger partial charge in [-0.05, 0) is 51.0 Å². The zero-order valence-corrected chi connectivity index (χ0v) is 19.7. The highest BCUT2D eigenvalue weighted by Crippen LogP contribution is 2.39. The van der Waals surface area contributed by atoms with Crippen LogP contribution in [0.5, 0.6) is 0 Å². The molecule has 6 heteroatoms. The molecular formula is C25H34ClN3O2. The van der Waals surface area contributed by atoms with Crippen molar-refractivity contribution in [2.45, 2.75) is 78.1 Å². The predicted octanol–water partition coefficient (Wildman–Crippen LogP) is 6.41. The van der Waals surface area contributed by atoms with Crippen LogP contribution in [0.2, 0.25) is 5.02 Å². The minimum absolute atomic E-state index is 0.544. The SMILES string of the molecule is CCCCc1cccc(-c2nc(N3CCCCC3)nc(C)c2C(CCC)C(=O)O)c1Cl. The summed E-state index contributed by atoms with van der Waals surface area (Å²) in [7, 11) is 0. The number of aryl methyl sites for hydroxylation is 2. The maximum Gasteiger partial charge on any atom is 0.311 e. The molecule has 0 amide bonds. The molecular weight excluding hydrogens is 410 g/mol. The number of piperidine rings is 1. The molecule has 2 heterocycles. The number of aliphatic carboxylic acids is 1. The van der Waals surface area contributed by atoms with Crippen LogP contribution < -0.4 is 4.90 Å². The van der Waals surface area contributed by atoms with E-state index in [2.05, 4.69) is 17.9 Å². The summed E-state index contributed by atoms with van der Waals surface area (Å²) in [5.74, 6) is -0.795. The van der Waals surface area contributed by atoms with Crippen molar-refractivity contribution < 1.29 is 9.90 Å². The third-order valence-electron chi connectivity index (χ3n) is 6.12. The van der Waals surface area contributed by atoms with Crippen LogP contribution in [0.4, 0.5) is 5.95 Å². The maximum absolute atomic E-state index is 12.2. The van der Waals surface area contributed by atoms with Crippen LogP contribution in [0, 0.1) is 6.92 Å². The summed E-state index contributed by atoms with van der Waals surface area (Å²) in [4.78, 5) is 24.2. The second kappa shape index (κ2) is 10.9. The Hall–Kier alpha value is -2.14. The molecule has 1 atom stereocenters. The molecule has 1 aliphatic heterocycles. The maximum atomic E-state index is 12.2. The third-order valence-corrected chi connectivity index (χ3v) is 6.57. The smallest absolute Gasteiger partial charge is 0.311 e. The lowest BCUT2D eigenvalue weighted by atomic mass is 9.89. The van der Waals surface area contributed by atoms with Crippen molar-refractivity contribution in [2.24, 2.45) is 0 Å². The molecule has 1 aromatic heterocycles. The molecule has 1 N–H and O–H groups in total. The van der Waals surface area contributed by atoms with E-state index in [1.807, 2.05) is 26.0 Å². The molecule has 1 aliphatic rings. The first-order valence-electron chi connectivity index (χ1n) is 11.6. The van der Waals surface area contributed by atoms with E-state index < -0.39 is 11.9 Å². The van der Waals surface area contributed by atoms with Crippen LogP contribution in [-0.4, -0.2) is 34.1 Å². The first-order valence-corrected chi connectivity index (χ1v) is 12.0. The van der Waals surface area contributed by atoms with Crippen LogP contribution in [0.3, 0.4) is 0 Å². The molecule has 0 radical (unpaired) electrons. The summed E-state index contributed by atoms with van der Waals surface area (Å²) in [6.45, 7) is 7.94.